The van der Waals surface area contributed by atoms with Gasteiger partial charge >= 0.3 is 11.9 Å². The number of ether oxygens (including phenoxy) is 2. The lowest BCUT2D eigenvalue weighted by molar-refractivity contribution is -0.00133. The molecule has 0 aliphatic heterocycles. The monoisotopic (exact) mass is 587 g/mol. The molecule has 0 fully saturated rings. The summed E-state index contributed by atoms with van der Waals surface area (Å²) in [7, 11) is 0. The van der Waals surface area contributed by atoms with Gasteiger partial charge in [0.25, 0.3) is 0 Å². The number of rotatable bonds is 12. The van der Waals surface area contributed by atoms with Gasteiger partial charge in [-0.2, -0.15) is 0 Å². The highest BCUT2D eigenvalue weighted by Gasteiger charge is 2.20. The van der Waals surface area contributed by atoms with Crippen LogP contribution in [-0.4, -0.2) is 25.2 Å². The Bertz CT molecular complexity index is 1510. The first-order valence-corrected chi connectivity index (χ1v) is 14.6. The van der Waals surface area contributed by atoms with Crippen molar-refractivity contribution in [3.63, 3.8) is 0 Å². The fraction of sp³-hybridized carbons (Fsp3) is 0.158. The maximum atomic E-state index is 12.4. The minimum absolute atomic E-state index is 0.0592. The lowest BCUT2D eigenvalue weighted by atomic mass is 9.93. The Morgan fingerprint density at radius 1 is 0.545 bits per heavy atom. The first-order chi connectivity index (χ1) is 21.6. The molecule has 0 spiro atoms. The maximum Gasteiger partial charge on any atom is 0.338 e. The number of nitrogens with two attached hydrogens (primary N) is 1. The first kappa shape index (κ1) is 31.9. The Morgan fingerprint density at radius 3 is 1.52 bits per heavy atom. The van der Waals surface area contributed by atoms with E-state index in [1.165, 1.54) is 11.1 Å². The Kier molecular flexibility index (Phi) is 12.9. The Balaban J connectivity index is 0.000000215. The van der Waals surface area contributed by atoms with E-state index in [1.807, 2.05) is 54.6 Å². The van der Waals surface area contributed by atoms with Gasteiger partial charge in [-0.1, -0.05) is 127 Å². The molecule has 2 N–H and O–H groups in total. The van der Waals surface area contributed by atoms with Crippen LogP contribution in [-0.2, 0) is 20.7 Å². The van der Waals surface area contributed by atoms with Gasteiger partial charge in [-0.15, -0.1) is 0 Å². The van der Waals surface area contributed by atoms with Crippen LogP contribution in [0.3, 0.4) is 0 Å². The predicted molar refractivity (Wildman–Crippen MR) is 172 cm³/mol. The lowest BCUT2D eigenvalue weighted by Gasteiger charge is -2.18. The van der Waals surface area contributed by atoms with Gasteiger partial charge in [-0.25, -0.2) is 15.5 Å². The van der Waals surface area contributed by atoms with Crippen LogP contribution in [0.1, 0.15) is 55.8 Å². The third-order valence-electron chi connectivity index (χ3n) is 7.00. The summed E-state index contributed by atoms with van der Waals surface area (Å²) in [5.41, 5.74) is 4.31. The highest BCUT2D eigenvalue weighted by molar-refractivity contribution is 5.90. The molecule has 0 heterocycles. The molecule has 5 aromatic rings. The van der Waals surface area contributed by atoms with E-state index in [0.29, 0.717) is 23.7 Å². The van der Waals surface area contributed by atoms with Crippen LogP contribution in [0.4, 0.5) is 0 Å². The summed E-state index contributed by atoms with van der Waals surface area (Å²) in [5.74, 6) is 4.67. The van der Waals surface area contributed by atoms with E-state index < -0.39 is 18.0 Å². The zero-order valence-corrected chi connectivity index (χ0v) is 24.5. The van der Waals surface area contributed by atoms with E-state index in [9.17, 15) is 9.59 Å². The fourth-order valence-electron chi connectivity index (χ4n) is 4.62. The van der Waals surface area contributed by atoms with Gasteiger partial charge in [0.05, 0.1) is 17.7 Å². The van der Waals surface area contributed by atoms with Gasteiger partial charge in [0.15, 0.2) is 6.10 Å². The molecule has 2 unspecified atom stereocenters. The quantitative estimate of drug-likeness (QED) is 0.119. The summed E-state index contributed by atoms with van der Waals surface area (Å²) in [5, 5.41) is 0. The van der Waals surface area contributed by atoms with E-state index in [4.69, 9.17) is 20.2 Å². The molecule has 0 amide bonds. The van der Waals surface area contributed by atoms with Crippen LogP contribution < -0.4 is 5.90 Å². The molecule has 5 aromatic carbocycles. The molecule has 224 valence electrons. The van der Waals surface area contributed by atoms with Crippen molar-refractivity contribution in [1.29, 1.82) is 0 Å². The standard InChI is InChI=1S/C22H18O4.C16H19NO/c23-21(18-12-6-2-7-13-18)25-16-20(17-10-4-1-5-11-17)26-22(24)19-14-8-3-9-15-19;17-18-13-16(15-9-5-2-6-10-15)12-11-14-7-3-1-4-8-14/h1-15,20H,16H2;1-10,16H,11-13,17H2. The van der Waals surface area contributed by atoms with E-state index in [2.05, 4.69) is 48.5 Å². The molecular formula is C38H37NO5. The number of hydrogen-bond acceptors (Lipinski definition) is 6. The topological polar surface area (TPSA) is 87.8 Å². The van der Waals surface area contributed by atoms with Gasteiger partial charge < -0.3 is 14.3 Å². The zero-order chi connectivity index (χ0) is 30.8. The molecule has 0 aromatic heterocycles. The van der Waals surface area contributed by atoms with Crippen molar-refractivity contribution in [1.82, 2.24) is 0 Å². The summed E-state index contributed by atoms with van der Waals surface area (Å²) in [6.07, 6.45) is 1.41. The van der Waals surface area contributed by atoms with Crippen molar-refractivity contribution < 1.29 is 23.9 Å². The number of hydrogen-bond donors (Lipinski definition) is 1. The third kappa shape index (κ3) is 10.3. The summed E-state index contributed by atoms with van der Waals surface area (Å²) < 4.78 is 11.0. The lowest BCUT2D eigenvalue weighted by Crippen LogP contribution is -2.19. The second-order valence-corrected chi connectivity index (χ2v) is 10.1. The molecule has 0 radical (unpaired) electrons. The second kappa shape index (κ2) is 17.8. The van der Waals surface area contributed by atoms with Crippen LogP contribution in [0.25, 0.3) is 0 Å². The number of esters is 2. The molecule has 0 aliphatic carbocycles. The number of carbonyl (C=O) groups excluding carboxylic acids is 2. The average Bonchev–Trinajstić information content (AvgIpc) is 3.10. The molecule has 5 rings (SSSR count). The normalized spacial score (nSPS) is 11.8. The first-order valence-electron chi connectivity index (χ1n) is 14.6. The summed E-state index contributed by atoms with van der Waals surface area (Å²) >= 11 is 0. The van der Waals surface area contributed by atoms with Crippen LogP contribution >= 0.6 is 0 Å². The van der Waals surface area contributed by atoms with Crippen molar-refractivity contribution in [2.24, 2.45) is 5.90 Å². The van der Waals surface area contributed by atoms with Crippen molar-refractivity contribution in [3.05, 3.63) is 179 Å². The maximum absolute atomic E-state index is 12.4. The van der Waals surface area contributed by atoms with E-state index in [-0.39, 0.29) is 6.61 Å². The van der Waals surface area contributed by atoms with E-state index in [0.717, 1.165) is 18.4 Å². The predicted octanol–water partition coefficient (Wildman–Crippen LogP) is 7.74. The minimum Gasteiger partial charge on any atom is -0.458 e. The molecular weight excluding hydrogens is 550 g/mol. The molecule has 0 bridgehead atoms. The minimum atomic E-state index is -0.684. The van der Waals surface area contributed by atoms with Gasteiger partial charge in [0.2, 0.25) is 0 Å². The second-order valence-electron chi connectivity index (χ2n) is 10.1. The number of benzene rings is 5. The van der Waals surface area contributed by atoms with Gasteiger partial charge in [-0.3, -0.25) is 0 Å². The number of carbonyl (C=O) groups is 2. The van der Waals surface area contributed by atoms with E-state index in [1.54, 1.807) is 48.5 Å². The fourth-order valence-corrected chi connectivity index (χ4v) is 4.62. The molecule has 0 saturated heterocycles. The van der Waals surface area contributed by atoms with Crippen molar-refractivity contribution >= 4 is 11.9 Å². The third-order valence-corrected chi connectivity index (χ3v) is 7.00. The van der Waals surface area contributed by atoms with Crippen LogP contribution in [0.5, 0.6) is 0 Å². The molecule has 44 heavy (non-hydrogen) atoms. The summed E-state index contributed by atoms with van der Waals surface area (Å²) in [6, 6.07) is 47.6. The Morgan fingerprint density at radius 2 is 1.00 bits per heavy atom. The number of aryl methyl sites for hydroxylation is 1. The van der Waals surface area contributed by atoms with E-state index >= 15 is 0 Å². The van der Waals surface area contributed by atoms with Crippen LogP contribution in [0, 0.1) is 0 Å². The Labute approximate surface area is 259 Å². The molecule has 2 atom stereocenters. The van der Waals surface area contributed by atoms with Crippen LogP contribution in [0.15, 0.2) is 152 Å². The van der Waals surface area contributed by atoms with Crippen molar-refractivity contribution in [2.75, 3.05) is 13.2 Å². The van der Waals surface area contributed by atoms with Gasteiger partial charge in [-0.05, 0) is 53.8 Å². The molecule has 6 nitrogen and oxygen atoms in total. The largest absolute Gasteiger partial charge is 0.458 e. The van der Waals surface area contributed by atoms with Gasteiger partial charge in [0, 0.05) is 5.92 Å². The molecule has 0 saturated carbocycles. The SMILES string of the molecule is NOCC(CCc1ccccc1)c1ccccc1.O=C(OCC(OC(=O)c1ccccc1)c1ccccc1)c1ccccc1. The highest BCUT2D eigenvalue weighted by atomic mass is 16.6. The average molecular weight is 588 g/mol. The molecule has 0 aliphatic rings. The summed E-state index contributed by atoms with van der Waals surface area (Å²) in [4.78, 5) is 29.4. The molecule has 6 heteroatoms. The van der Waals surface area contributed by atoms with Crippen LogP contribution in [0.2, 0.25) is 0 Å². The zero-order valence-electron chi connectivity index (χ0n) is 24.5. The Hall–Kier alpha value is -5.04. The smallest absolute Gasteiger partial charge is 0.338 e. The van der Waals surface area contributed by atoms with Gasteiger partial charge in [0.1, 0.15) is 6.61 Å². The highest BCUT2D eigenvalue weighted by Crippen LogP contribution is 2.22. The van der Waals surface area contributed by atoms with Crippen molar-refractivity contribution in [3.8, 4) is 0 Å². The van der Waals surface area contributed by atoms with Crippen molar-refractivity contribution in [2.45, 2.75) is 24.9 Å². The summed E-state index contributed by atoms with van der Waals surface area (Å²) in [6.45, 7) is 0.507.